The third-order valence-corrected chi connectivity index (χ3v) is 5.27. The Morgan fingerprint density at radius 2 is 1.83 bits per heavy atom. The van der Waals surface area contributed by atoms with Crippen molar-refractivity contribution in [1.82, 2.24) is 19.9 Å². The zero-order chi connectivity index (χ0) is 20.3. The minimum atomic E-state index is 0.185. The van der Waals surface area contributed by atoms with Gasteiger partial charge in [-0.3, -0.25) is 0 Å². The number of benzene rings is 2. The Hall–Kier alpha value is -3.45. The van der Waals surface area contributed by atoms with Crippen molar-refractivity contribution >= 4 is 34.3 Å². The zero-order valence-electron chi connectivity index (χ0n) is 16.1. The summed E-state index contributed by atoms with van der Waals surface area (Å²) in [5.74, 6) is 2.45. The van der Waals surface area contributed by atoms with Crippen molar-refractivity contribution in [3.63, 3.8) is 0 Å². The first-order chi connectivity index (χ1) is 14.8. The molecular weight excluding hydrogens is 400 g/mol. The summed E-state index contributed by atoms with van der Waals surface area (Å²) in [6, 6.07) is 17.7. The highest BCUT2D eigenvalue weighted by Gasteiger charge is 2.25. The quantitative estimate of drug-likeness (QED) is 0.509. The van der Waals surface area contributed by atoms with Gasteiger partial charge >= 0.3 is 0 Å². The van der Waals surface area contributed by atoms with Crippen LogP contribution in [0.15, 0.2) is 67.1 Å². The fourth-order valence-corrected chi connectivity index (χ4v) is 3.72. The molecule has 0 radical (unpaired) electrons. The Morgan fingerprint density at radius 1 is 1.00 bits per heavy atom. The van der Waals surface area contributed by atoms with E-state index in [1.54, 1.807) is 12.5 Å². The second kappa shape index (κ2) is 8.12. The predicted molar refractivity (Wildman–Crippen MR) is 117 cm³/mol. The molecule has 0 aliphatic carbocycles. The molecule has 3 heterocycles. The molecule has 1 fully saturated rings. The van der Waals surface area contributed by atoms with Crippen LogP contribution in [-0.2, 0) is 0 Å². The minimum absolute atomic E-state index is 0.185. The molecule has 0 saturated carbocycles. The summed E-state index contributed by atoms with van der Waals surface area (Å²) in [4.78, 5) is 19.9. The molecule has 0 spiro atoms. The number of halogens is 1. The third kappa shape index (κ3) is 3.84. The molecule has 30 heavy (non-hydrogen) atoms. The fraction of sp³-hybridized carbons (Fsp3) is 0.182. The average Bonchev–Trinajstić information content (AvgIpc) is 3.24. The van der Waals surface area contributed by atoms with Gasteiger partial charge in [-0.25, -0.2) is 15.0 Å². The van der Waals surface area contributed by atoms with Crippen LogP contribution in [0.4, 0.5) is 11.8 Å². The van der Waals surface area contributed by atoms with E-state index in [1.165, 1.54) is 0 Å². The maximum absolute atomic E-state index is 6.22. The summed E-state index contributed by atoms with van der Waals surface area (Å²) in [5.41, 5.74) is 0.947. The van der Waals surface area contributed by atoms with Gasteiger partial charge < -0.3 is 15.0 Å². The van der Waals surface area contributed by atoms with E-state index in [9.17, 15) is 0 Å². The molecule has 5 rings (SSSR count). The molecule has 4 aromatic rings. The van der Waals surface area contributed by atoms with Crippen molar-refractivity contribution in [3.05, 3.63) is 72.1 Å². The molecule has 0 bridgehead atoms. The smallest absolute Gasteiger partial charge is 0.243 e. The van der Waals surface area contributed by atoms with Gasteiger partial charge in [0.25, 0.3) is 0 Å². The maximum Gasteiger partial charge on any atom is 0.243 e. The molecule has 7 nitrogen and oxygen atoms in total. The highest BCUT2D eigenvalue weighted by Crippen LogP contribution is 2.29. The van der Waals surface area contributed by atoms with Gasteiger partial charge in [0.15, 0.2) is 0 Å². The lowest BCUT2D eigenvalue weighted by Gasteiger charge is -2.19. The SMILES string of the molecule is Clc1cnc(NC2CCN(c3ncnc4ccccc34)C2)nc1Oc1ccccc1. The summed E-state index contributed by atoms with van der Waals surface area (Å²) in [5, 5.41) is 4.82. The number of nitrogens with one attached hydrogen (secondary N) is 1. The van der Waals surface area contributed by atoms with Gasteiger partial charge in [0.1, 0.15) is 22.9 Å². The number of ether oxygens (including phenoxy) is 1. The van der Waals surface area contributed by atoms with Crippen LogP contribution >= 0.6 is 11.6 Å². The first-order valence-corrected chi connectivity index (χ1v) is 10.1. The lowest BCUT2D eigenvalue weighted by Crippen LogP contribution is -2.27. The fourth-order valence-electron chi connectivity index (χ4n) is 3.59. The lowest BCUT2D eigenvalue weighted by molar-refractivity contribution is 0.462. The van der Waals surface area contributed by atoms with E-state index in [4.69, 9.17) is 16.3 Å². The summed E-state index contributed by atoms with van der Waals surface area (Å²) in [6.07, 6.45) is 4.12. The van der Waals surface area contributed by atoms with Gasteiger partial charge in [0.05, 0.1) is 11.7 Å². The lowest BCUT2D eigenvalue weighted by atomic mass is 10.2. The van der Waals surface area contributed by atoms with Crippen LogP contribution in [0.1, 0.15) is 6.42 Å². The number of para-hydroxylation sites is 2. The van der Waals surface area contributed by atoms with Crippen LogP contribution in [0, 0.1) is 0 Å². The second-order valence-electron chi connectivity index (χ2n) is 7.05. The Balaban J connectivity index is 1.31. The topological polar surface area (TPSA) is 76.1 Å². The number of aromatic nitrogens is 4. The Kier molecular flexibility index (Phi) is 5.03. The summed E-state index contributed by atoms with van der Waals surface area (Å²) in [7, 11) is 0. The predicted octanol–water partition coefficient (Wildman–Crippen LogP) is 4.56. The zero-order valence-corrected chi connectivity index (χ0v) is 16.8. The molecule has 2 aromatic heterocycles. The number of nitrogens with zero attached hydrogens (tertiary/aromatic N) is 5. The van der Waals surface area contributed by atoms with E-state index in [0.29, 0.717) is 22.6 Å². The molecule has 2 aromatic carbocycles. The summed E-state index contributed by atoms with van der Waals surface area (Å²) in [6.45, 7) is 1.68. The highest BCUT2D eigenvalue weighted by atomic mass is 35.5. The molecule has 150 valence electrons. The van der Waals surface area contributed by atoms with Crippen LogP contribution in [0.2, 0.25) is 5.02 Å². The first kappa shape index (κ1) is 18.6. The maximum atomic E-state index is 6.22. The van der Waals surface area contributed by atoms with Crippen molar-refractivity contribution < 1.29 is 4.74 Å². The molecule has 0 amide bonds. The molecule has 1 aliphatic rings. The number of fused-ring (bicyclic) bond motifs is 1. The molecule has 1 saturated heterocycles. The van der Waals surface area contributed by atoms with Crippen molar-refractivity contribution in [2.24, 2.45) is 0 Å². The van der Waals surface area contributed by atoms with Crippen LogP contribution < -0.4 is 15.0 Å². The van der Waals surface area contributed by atoms with Gasteiger partial charge in [-0.1, -0.05) is 41.9 Å². The molecule has 1 N–H and O–H groups in total. The van der Waals surface area contributed by atoms with E-state index in [-0.39, 0.29) is 6.04 Å². The molecule has 1 atom stereocenters. The van der Waals surface area contributed by atoms with E-state index >= 15 is 0 Å². The minimum Gasteiger partial charge on any atom is -0.437 e. The monoisotopic (exact) mass is 418 g/mol. The normalized spacial score (nSPS) is 16.0. The number of hydrogen-bond donors (Lipinski definition) is 1. The van der Waals surface area contributed by atoms with Crippen LogP contribution in [0.5, 0.6) is 11.6 Å². The van der Waals surface area contributed by atoms with E-state index < -0.39 is 0 Å². The van der Waals surface area contributed by atoms with Crippen molar-refractivity contribution in [3.8, 4) is 11.6 Å². The van der Waals surface area contributed by atoms with Gasteiger partial charge in [-0.05, 0) is 30.7 Å². The number of hydrogen-bond acceptors (Lipinski definition) is 7. The Morgan fingerprint density at radius 3 is 2.73 bits per heavy atom. The Bertz CT molecular complexity index is 1170. The highest BCUT2D eigenvalue weighted by molar-refractivity contribution is 6.31. The van der Waals surface area contributed by atoms with Crippen LogP contribution in [-0.4, -0.2) is 39.1 Å². The van der Waals surface area contributed by atoms with Crippen LogP contribution in [0.25, 0.3) is 10.9 Å². The molecule has 1 unspecified atom stereocenters. The molecular formula is C22H19ClN6O. The first-order valence-electron chi connectivity index (χ1n) is 9.73. The Labute approximate surface area is 178 Å². The van der Waals surface area contributed by atoms with Crippen LogP contribution in [0.3, 0.4) is 0 Å². The van der Waals surface area contributed by atoms with Gasteiger partial charge in [0.2, 0.25) is 11.8 Å². The van der Waals surface area contributed by atoms with Gasteiger partial charge in [0, 0.05) is 24.5 Å². The molecule has 1 aliphatic heterocycles. The van der Waals surface area contributed by atoms with Gasteiger partial charge in [-0.15, -0.1) is 0 Å². The standard InChI is InChI=1S/C22H19ClN6O/c23-18-12-24-22(28-21(18)30-16-6-2-1-3-7-16)27-15-10-11-29(13-15)20-17-8-4-5-9-19(17)25-14-26-20/h1-9,12,14-15H,10-11,13H2,(H,24,27,28). The summed E-state index contributed by atoms with van der Waals surface area (Å²) < 4.78 is 5.80. The number of rotatable bonds is 5. The van der Waals surface area contributed by atoms with E-state index in [0.717, 1.165) is 36.2 Å². The molecule has 8 heteroatoms. The second-order valence-corrected chi connectivity index (χ2v) is 7.46. The van der Waals surface area contributed by atoms with Crippen molar-refractivity contribution in [2.45, 2.75) is 12.5 Å². The van der Waals surface area contributed by atoms with Crippen molar-refractivity contribution in [2.75, 3.05) is 23.3 Å². The van der Waals surface area contributed by atoms with Crippen molar-refractivity contribution in [1.29, 1.82) is 0 Å². The average molecular weight is 419 g/mol. The largest absolute Gasteiger partial charge is 0.437 e. The van der Waals surface area contributed by atoms with E-state index in [2.05, 4.69) is 36.2 Å². The third-order valence-electron chi connectivity index (χ3n) is 5.01. The van der Waals surface area contributed by atoms with Gasteiger partial charge in [-0.2, -0.15) is 4.98 Å². The number of anilines is 2. The summed E-state index contributed by atoms with van der Waals surface area (Å²) >= 11 is 6.22. The van der Waals surface area contributed by atoms with E-state index in [1.807, 2.05) is 48.5 Å².